The molecule has 1 aliphatic heterocycles. The van der Waals surface area contributed by atoms with Crippen molar-refractivity contribution in [3.8, 4) is 11.5 Å². The zero-order valence-corrected chi connectivity index (χ0v) is 19.8. The number of carbonyl (C=O) groups excluding carboxylic acids is 2. The van der Waals surface area contributed by atoms with Gasteiger partial charge in [0.05, 0.1) is 30.5 Å². The number of hydrogen-bond donors (Lipinski definition) is 2. The number of nitrogens with zero attached hydrogens (tertiary/aromatic N) is 1. The van der Waals surface area contributed by atoms with E-state index in [9.17, 15) is 18.0 Å². The molecular formula is C25H23N3O6S. The molecule has 0 aliphatic carbocycles. The summed E-state index contributed by atoms with van der Waals surface area (Å²) in [5.41, 5.74) is 1.68. The number of sulfonamides is 1. The molecule has 1 heterocycles. The third-order valence-electron chi connectivity index (χ3n) is 5.52. The minimum Gasteiger partial charge on any atom is -0.497 e. The summed E-state index contributed by atoms with van der Waals surface area (Å²) in [6.07, 6.45) is 2.89. The van der Waals surface area contributed by atoms with E-state index in [2.05, 4.69) is 5.32 Å². The fourth-order valence-corrected chi connectivity index (χ4v) is 4.39. The molecule has 1 aliphatic rings. The third-order valence-corrected chi connectivity index (χ3v) is 6.43. The van der Waals surface area contributed by atoms with E-state index in [-0.39, 0.29) is 10.6 Å². The second kappa shape index (κ2) is 9.61. The van der Waals surface area contributed by atoms with Gasteiger partial charge in [-0.25, -0.2) is 13.6 Å². The Morgan fingerprint density at radius 2 is 1.77 bits per heavy atom. The predicted octanol–water partition coefficient (Wildman–Crippen LogP) is 3.09. The molecule has 0 saturated heterocycles. The summed E-state index contributed by atoms with van der Waals surface area (Å²) >= 11 is 0. The number of carbonyl (C=O) groups is 2. The number of nitrogens with one attached hydrogen (secondary N) is 1. The monoisotopic (exact) mass is 493 g/mol. The smallest absolute Gasteiger partial charge is 0.252 e. The Kier molecular flexibility index (Phi) is 6.59. The highest BCUT2D eigenvalue weighted by atomic mass is 32.2. The largest absolute Gasteiger partial charge is 0.497 e. The number of nitrogens with two attached hydrogens (primary N) is 1. The fraction of sp³-hybridized carbons (Fsp3) is 0.120. The van der Waals surface area contributed by atoms with Crippen LogP contribution in [0.15, 0.2) is 77.7 Å². The van der Waals surface area contributed by atoms with Gasteiger partial charge in [0.2, 0.25) is 10.0 Å². The highest BCUT2D eigenvalue weighted by Crippen LogP contribution is 2.40. The second-order valence-electron chi connectivity index (χ2n) is 7.68. The van der Waals surface area contributed by atoms with Gasteiger partial charge in [0.1, 0.15) is 17.5 Å². The van der Waals surface area contributed by atoms with Crippen LogP contribution in [-0.4, -0.2) is 34.5 Å². The Hall–Kier alpha value is -4.15. The molecule has 10 heteroatoms. The van der Waals surface area contributed by atoms with Crippen LogP contribution in [0.4, 0.5) is 11.4 Å². The average Bonchev–Trinajstić information content (AvgIpc) is 2.85. The molecule has 35 heavy (non-hydrogen) atoms. The number of primary sulfonamides is 1. The van der Waals surface area contributed by atoms with Gasteiger partial charge >= 0.3 is 0 Å². The summed E-state index contributed by atoms with van der Waals surface area (Å²) in [7, 11) is -0.966. The van der Waals surface area contributed by atoms with Gasteiger partial charge in [-0.05, 0) is 48.0 Å². The Morgan fingerprint density at radius 3 is 2.43 bits per heavy atom. The first-order valence-corrected chi connectivity index (χ1v) is 12.0. The van der Waals surface area contributed by atoms with Gasteiger partial charge in [0.25, 0.3) is 11.8 Å². The molecule has 0 radical (unpaired) electrons. The van der Waals surface area contributed by atoms with Crippen LogP contribution < -0.4 is 24.8 Å². The van der Waals surface area contributed by atoms with Crippen molar-refractivity contribution in [2.45, 2.75) is 10.9 Å². The molecule has 3 N–H and O–H groups in total. The SMILES string of the molecule is COc1ccc(OC)c(/C=C/C(=O)N2c3ccc(S(N)(=O)=O)cc3NC(=O)C2c2ccccc2)c1. The lowest BCUT2D eigenvalue weighted by molar-refractivity contribution is -0.121. The summed E-state index contributed by atoms with van der Waals surface area (Å²) < 4.78 is 34.3. The van der Waals surface area contributed by atoms with Crippen LogP contribution in [0.1, 0.15) is 17.2 Å². The first-order valence-electron chi connectivity index (χ1n) is 10.5. The van der Waals surface area contributed by atoms with Gasteiger partial charge in [0, 0.05) is 11.6 Å². The van der Waals surface area contributed by atoms with Crippen molar-refractivity contribution in [1.29, 1.82) is 0 Å². The molecule has 0 aromatic heterocycles. The quantitative estimate of drug-likeness (QED) is 0.508. The summed E-state index contributed by atoms with van der Waals surface area (Å²) in [5.74, 6) is 0.126. The van der Waals surface area contributed by atoms with Gasteiger partial charge in [-0.2, -0.15) is 0 Å². The number of anilines is 2. The maximum atomic E-state index is 13.5. The summed E-state index contributed by atoms with van der Waals surface area (Å²) in [5, 5.41) is 7.95. The van der Waals surface area contributed by atoms with E-state index in [1.165, 1.54) is 43.4 Å². The Morgan fingerprint density at radius 1 is 1.03 bits per heavy atom. The van der Waals surface area contributed by atoms with E-state index in [4.69, 9.17) is 14.6 Å². The lowest BCUT2D eigenvalue weighted by atomic mass is 9.99. The van der Waals surface area contributed by atoms with E-state index < -0.39 is 27.9 Å². The number of hydrogen-bond acceptors (Lipinski definition) is 6. The number of rotatable bonds is 6. The average molecular weight is 494 g/mol. The zero-order chi connectivity index (χ0) is 25.2. The van der Waals surface area contributed by atoms with E-state index in [1.54, 1.807) is 54.6 Å². The first kappa shape index (κ1) is 24.0. The Balaban J connectivity index is 1.81. The molecule has 180 valence electrons. The molecule has 0 saturated carbocycles. The molecule has 0 spiro atoms. The number of methoxy groups -OCH3 is 2. The van der Waals surface area contributed by atoms with Crippen molar-refractivity contribution in [1.82, 2.24) is 0 Å². The molecule has 9 nitrogen and oxygen atoms in total. The third kappa shape index (κ3) is 4.88. The number of ether oxygens (including phenoxy) is 2. The lowest BCUT2D eigenvalue weighted by Crippen LogP contribution is -2.44. The summed E-state index contributed by atoms with van der Waals surface area (Å²) in [6, 6.07) is 17.0. The molecule has 1 unspecified atom stereocenters. The van der Waals surface area contributed by atoms with Crippen LogP contribution in [0, 0.1) is 0 Å². The maximum Gasteiger partial charge on any atom is 0.252 e. The molecule has 2 amide bonds. The summed E-state index contributed by atoms with van der Waals surface area (Å²) in [4.78, 5) is 27.8. The van der Waals surface area contributed by atoms with Crippen LogP contribution in [0.3, 0.4) is 0 Å². The van der Waals surface area contributed by atoms with Gasteiger partial charge in [0.15, 0.2) is 0 Å². The number of fused-ring (bicyclic) bond motifs is 1. The number of benzene rings is 3. The highest BCUT2D eigenvalue weighted by molar-refractivity contribution is 7.89. The van der Waals surface area contributed by atoms with Gasteiger partial charge < -0.3 is 14.8 Å². The molecule has 3 aromatic carbocycles. The van der Waals surface area contributed by atoms with Crippen molar-refractivity contribution in [2.75, 3.05) is 24.4 Å². The Bertz CT molecular complexity index is 1420. The first-order chi connectivity index (χ1) is 16.7. The van der Waals surface area contributed by atoms with Gasteiger partial charge in [-0.1, -0.05) is 30.3 Å². The van der Waals surface area contributed by atoms with E-state index in [1.807, 2.05) is 0 Å². The van der Waals surface area contributed by atoms with Crippen molar-refractivity contribution in [3.63, 3.8) is 0 Å². The Labute approximate surface area is 202 Å². The second-order valence-corrected chi connectivity index (χ2v) is 9.24. The highest BCUT2D eigenvalue weighted by Gasteiger charge is 2.37. The van der Waals surface area contributed by atoms with Crippen LogP contribution >= 0.6 is 0 Å². The summed E-state index contributed by atoms with van der Waals surface area (Å²) in [6.45, 7) is 0. The van der Waals surface area contributed by atoms with Crippen molar-refractivity contribution in [3.05, 3.63) is 83.9 Å². The number of amides is 2. The van der Waals surface area contributed by atoms with Gasteiger partial charge in [-0.15, -0.1) is 0 Å². The molecule has 3 aromatic rings. The van der Waals surface area contributed by atoms with E-state index in [0.717, 1.165) is 0 Å². The fourth-order valence-electron chi connectivity index (χ4n) is 3.85. The predicted molar refractivity (Wildman–Crippen MR) is 132 cm³/mol. The van der Waals surface area contributed by atoms with E-state index >= 15 is 0 Å². The van der Waals surface area contributed by atoms with Crippen LogP contribution in [0.2, 0.25) is 0 Å². The minimum absolute atomic E-state index is 0.161. The van der Waals surface area contributed by atoms with Crippen molar-refractivity contribution < 1.29 is 27.5 Å². The lowest BCUT2D eigenvalue weighted by Gasteiger charge is -2.36. The standard InChI is InChI=1S/C25H23N3O6S/c1-33-18-9-12-22(34-2)17(14-18)8-13-23(29)28-21-11-10-19(35(26,31)32)15-20(21)27-25(30)24(28)16-6-4-3-5-7-16/h3-15,24H,1-2H3,(H,27,30)(H2,26,31,32)/b13-8+. The molecular weight excluding hydrogens is 470 g/mol. The molecule has 1 atom stereocenters. The topological polar surface area (TPSA) is 128 Å². The normalized spacial score (nSPS) is 15.5. The minimum atomic E-state index is -4.01. The zero-order valence-electron chi connectivity index (χ0n) is 19.0. The molecule has 0 bridgehead atoms. The van der Waals surface area contributed by atoms with Crippen molar-refractivity contribution >= 4 is 39.3 Å². The molecule has 4 rings (SSSR count). The van der Waals surface area contributed by atoms with Crippen LogP contribution in [0.25, 0.3) is 6.08 Å². The van der Waals surface area contributed by atoms with Gasteiger partial charge in [-0.3, -0.25) is 14.5 Å². The maximum absolute atomic E-state index is 13.5. The van der Waals surface area contributed by atoms with E-state index in [0.29, 0.717) is 28.3 Å². The van der Waals surface area contributed by atoms with Crippen molar-refractivity contribution in [2.24, 2.45) is 5.14 Å². The molecule has 0 fully saturated rings. The van der Waals surface area contributed by atoms with Crippen LogP contribution in [0.5, 0.6) is 11.5 Å². The van der Waals surface area contributed by atoms with Crippen LogP contribution in [-0.2, 0) is 19.6 Å².